The number of halogens is 1. The average molecular weight is 298 g/mol. The van der Waals surface area contributed by atoms with Gasteiger partial charge in [0, 0.05) is 33.9 Å². The number of carbonyl (C=O) groups excluding carboxylic acids is 1. The first-order valence-corrected chi connectivity index (χ1v) is 8.16. The Morgan fingerprint density at radius 2 is 2.10 bits per heavy atom. The Morgan fingerprint density at radius 3 is 2.75 bits per heavy atom. The van der Waals surface area contributed by atoms with Gasteiger partial charge in [-0.1, -0.05) is 12.8 Å². The first-order valence-electron chi connectivity index (χ1n) is 6.78. The summed E-state index contributed by atoms with van der Waals surface area (Å²) in [6.07, 6.45) is 4.49. The Hall–Kier alpha value is -1.43. The number of hydrogen-bond acceptors (Lipinski definition) is 3. The van der Waals surface area contributed by atoms with Crippen molar-refractivity contribution in [1.82, 2.24) is 0 Å². The molecule has 1 aromatic rings. The predicted molar refractivity (Wildman–Crippen MR) is 79.3 cm³/mol. The lowest BCUT2D eigenvalue weighted by atomic mass is 10.2. The average Bonchev–Trinajstić information content (AvgIpc) is 2.94. The lowest BCUT2D eigenvalue weighted by molar-refractivity contribution is -0.115. The number of rotatable bonds is 5. The van der Waals surface area contributed by atoms with E-state index in [0.717, 1.165) is 25.7 Å². The van der Waals surface area contributed by atoms with Crippen LogP contribution in [-0.4, -0.2) is 21.1 Å². The van der Waals surface area contributed by atoms with Crippen molar-refractivity contribution in [3.63, 3.8) is 0 Å². The number of carbonyl (C=O) groups is 1. The summed E-state index contributed by atoms with van der Waals surface area (Å²) >= 11 is 0. The van der Waals surface area contributed by atoms with Crippen molar-refractivity contribution in [2.24, 2.45) is 0 Å². The number of hydrogen-bond donors (Lipinski definition) is 2. The Kier molecular flexibility index (Phi) is 5.11. The van der Waals surface area contributed by atoms with Gasteiger partial charge in [0.1, 0.15) is 5.82 Å². The minimum Gasteiger partial charge on any atom is -0.396 e. The van der Waals surface area contributed by atoms with Gasteiger partial charge in [0.2, 0.25) is 5.91 Å². The zero-order chi connectivity index (χ0) is 14.5. The molecule has 1 aliphatic carbocycles. The largest absolute Gasteiger partial charge is 0.396 e. The van der Waals surface area contributed by atoms with Crippen LogP contribution < -0.4 is 11.1 Å². The molecule has 1 atom stereocenters. The number of nitrogen functional groups attached to an aromatic ring is 1. The summed E-state index contributed by atoms with van der Waals surface area (Å²) in [6.45, 7) is 0. The smallest absolute Gasteiger partial charge is 0.225 e. The van der Waals surface area contributed by atoms with Crippen LogP contribution in [-0.2, 0) is 15.6 Å². The first kappa shape index (κ1) is 15.0. The van der Waals surface area contributed by atoms with E-state index in [4.69, 9.17) is 5.73 Å². The van der Waals surface area contributed by atoms with Gasteiger partial charge in [-0.3, -0.25) is 9.00 Å². The fraction of sp³-hybridized carbons (Fsp3) is 0.500. The zero-order valence-electron chi connectivity index (χ0n) is 11.2. The van der Waals surface area contributed by atoms with Crippen molar-refractivity contribution >= 4 is 28.1 Å². The minimum atomic E-state index is -0.928. The molecule has 1 saturated carbocycles. The number of nitrogens with one attached hydrogen (secondary N) is 1. The zero-order valence-corrected chi connectivity index (χ0v) is 12.0. The van der Waals surface area contributed by atoms with Crippen LogP contribution in [0.5, 0.6) is 0 Å². The molecule has 1 amide bonds. The lowest BCUT2D eigenvalue weighted by Crippen LogP contribution is -2.19. The number of benzene rings is 1. The Balaban J connectivity index is 1.80. The van der Waals surface area contributed by atoms with Crippen molar-refractivity contribution in [3.05, 3.63) is 24.0 Å². The fourth-order valence-corrected chi connectivity index (χ4v) is 3.94. The molecule has 20 heavy (non-hydrogen) atoms. The third kappa shape index (κ3) is 4.03. The van der Waals surface area contributed by atoms with Gasteiger partial charge in [-0.25, -0.2) is 4.39 Å². The van der Waals surface area contributed by atoms with Gasteiger partial charge in [0.05, 0.1) is 5.69 Å². The van der Waals surface area contributed by atoms with Gasteiger partial charge in [-0.05, 0) is 31.0 Å². The molecule has 3 N–H and O–H groups in total. The lowest BCUT2D eigenvalue weighted by Gasteiger charge is -2.09. The summed E-state index contributed by atoms with van der Waals surface area (Å²) in [6, 6.07) is 4.04. The van der Waals surface area contributed by atoms with Gasteiger partial charge in [-0.2, -0.15) is 0 Å². The molecule has 1 aromatic carbocycles. The molecule has 0 heterocycles. The molecule has 1 unspecified atom stereocenters. The monoisotopic (exact) mass is 298 g/mol. The van der Waals surface area contributed by atoms with Crippen LogP contribution in [0, 0.1) is 5.82 Å². The number of amides is 1. The third-order valence-electron chi connectivity index (χ3n) is 3.48. The molecular formula is C14H19FN2O2S. The molecule has 0 aromatic heterocycles. The van der Waals surface area contributed by atoms with Crippen LogP contribution in [0.25, 0.3) is 0 Å². The Morgan fingerprint density at radius 1 is 1.40 bits per heavy atom. The molecule has 0 aliphatic heterocycles. The highest BCUT2D eigenvalue weighted by atomic mass is 32.2. The molecule has 1 aliphatic rings. The van der Waals surface area contributed by atoms with Crippen LogP contribution in [0.4, 0.5) is 15.8 Å². The molecule has 4 nitrogen and oxygen atoms in total. The second kappa shape index (κ2) is 6.83. The van der Waals surface area contributed by atoms with Gasteiger partial charge >= 0.3 is 0 Å². The molecule has 0 saturated heterocycles. The molecule has 110 valence electrons. The van der Waals surface area contributed by atoms with E-state index >= 15 is 0 Å². The fourth-order valence-electron chi connectivity index (χ4n) is 2.36. The molecule has 1 fully saturated rings. The molecule has 6 heteroatoms. The summed E-state index contributed by atoms with van der Waals surface area (Å²) in [5.41, 5.74) is 5.88. The second-order valence-corrected chi connectivity index (χ2v) is 6.86. The minimum absolute atomic E-state index is 0.00247. The standard InChI is InChI=1S/C14H19FN2O2S/c15-12-6-5-10(9-13(12)16)17-14(18)7-8-20(19)11-3-1-2-4-11/h5-6,9,11H,1-4,7-8,16H2,(H,17,18). The Bertz CT molecular complexity index is 516. The summed E-state index contributed by atoms with van der Waals surface area (Å²) < 4.78 is 24.9. The highest BCUT2D eigenvalue weighted by molar-refractivity contribution is 7.85. The summed E-state index contributed by atoms with van der Waals surface area (Å²) in [5.74, 6) is -0.347. The third-order valence-corrected chi connectivity index (χ3v) is 5.31. The van der Waals surface area contributed by atoms with E-state index in [2.05, 4.69) is 5.32 Å². The van der Waals surface area contributed by atoms with Crippen molar-refractivity contribution in [3.8, 4) is 0 Å². The van der Waals surface area contributed by atoms with E-state index in [1.165, 1.54) is 18.2 Å². The maximum Gasteiger partial charge on any atom is 0.225 e. The van der Waals surface area contributed by atoms with Crippen LogP contribution in [0.15, 0.2) is 18.2 Å². The first-order chi connectivity index (χ1) is 9.56. The molecule has 2 rings (SSSR count). The van der Waals surface area contributed by atoms with E-state index in [1.807, 2.05) is 0 Å². The quantitative estimate of drug-likeness (QED) is 0.820. The second-order valence-electron chi connectivity index (χ2n) is 5.03. The van der Waals surface area contributed by atoms with E-state index in [0.29, 0.717) is 11.4 Å². The van der Waals surface area contributed by atoms with Crippen molar-refractivity contribution in [2.75, 3.05) is 16.8 Å². The van der Waals surface area contributed by atoms with Crippen molar-refractivity contribution in [1.29, 1.82) is 0 Å². The normalized spacial score (nSPS) is 17.1. The van der Waals surface area contributed by atoms with Gasteiger partial charge < -0.3 is 11.1 Å². The molecule has 0 bridgehead atoms. The summed E-state index contributed by atoms with van der Waals surface area (Å²) in [4.78, 5) is 11.7. The highest BCUT2D eigenvalue weighted by Gasteiger charge is 2.21. The molecular weight excluding hydrogens is 279 g/mol. The van der Waals surface area contributed by atoms with Gasteiger partial charge in [-0.15, -0.1) is 0 Å². The van der Waals surface area contributed by atoms with Crippen molar-refractivity contribution < 1.29 is 13.4 Å². The summed E-state index contributed by atoms with van der Waals surface area (Å²) in [5, 5.41) is 2.89. The molecule has 0 radical (unpaired) electrons. The SMILES string of the molecule is Nc1cc(NC(=O)CCS(=O)C2CCCC2)ccc1F. The topological polar surface area (TPSA) is 72.2 Å². The van der Waals surface area contributed by atoms with Crippen LogP contribution in [0.3, 0.4) is 0 Å². The van der Waals surface area contributed by atoms with E-state index in [-0.39, 0.29) is 23.3 Å². The van der Waals surface area contributed by atoms with E-state index < -0.39 is 16.6 Å². The summed E-state index contributed by atoms with van der Waals surface area (Å²) in [7, 11) is -0.928. The maximum absolute atomic E-state index is 13.0. The number of anilines is 2. The predicted octanol–water partition coefficient (Wildman–Crippen LogP) is 2.43. The number of nitrogens with two attached hydrogens (primary N) is 1. The maximum atomic E-state index is 13.0. The van der Waals surface area contributed by atoms with Crippen LogP contribution >= 0.6 is 0 Å². The van der Waals surface area contributed by atoms with Crippen LogP contribution in [0.2, 0.25) is 0 Å². The van der Waals surface area contributed by atoms with Crippen LogP contribution in [0.1, 0.15) is 32.1 Å². The van der Waals surface area contributed by atoms with E-state index in [1.54, 1.807) is 0 Å². The van der Waals surface area contributed by atoms with Gasteiger partial charge in [0.15, 0.2) is 0 Å². The Labute approximate surface area is 120 Å². The van der Waals surface area contributed by atoms with Crippen molar-refractivity contribution in [2.45, 2.75) is 37.4 Å². The van der Waals surface area contributed by atoms with E-state index in [9.17, 15) is 13.4 Å². The molecule has 0 spiro atoms. The van der Waals surface area contributed by atoms with Gasteiger partial charge in [0.25, 0.3) is 0 Å². The highest BCUT2D eigenvalue weighted by Crippen LogP contribution is 2.23.